The Morgan fingerprint density at radius 2 is 2.05 bits per heavy atom. The van der Waals surface area contributed by atoms with E-state index in [1.165, 1.54) is 13.2 Å². The zero-order valence-corrected chi connectivity index (χ0v) is 12.6. The summed E-state index contributed by atoms with van der Waals surface area (Å²) < 4.78 is 18.8. The lowest BCUT2D eigenvalue weighted by Gasteiger charge is -2.06. The molecule has 0 saturated carbocycles. The van der Waals surface area contributed by atoms with E-state index in [0.717, 1.165) is 6.07 Å². The van der Waals surface area contributed by atoms with Gasteiger partial charge in [-0.05, 0) is 40.2 Å². The lowest BCUT2D eigenvalue weighted by atomic mass is 10.1. The summed E-state index contributed by atoms with van der Waals surface area (Å²) in [5, 5.41) is 0. The Kier molecular flexibility index (Phi) is 4.44. The SMILES string of the molecule is CCc1nc(Br)cc(-c2cc(F)cc(C(=O)OC)c2)n1. The third kappa shape index (κ3) is 3.19. The van der Waals surface area contributed by atoms with E-state index < -0.39 is 11.8 Å². The van der Waals surface area contributed by atoms with Gasteiger partial charge in [0, 0.05) is 12.0 Å². The number of methoxy groups -OCH3 is 1. The maximum Gasteiger partial charge on any atom is 0.337 e. The van der Waals surface area contributed by atoms with Crippen molar-refractivity contribution in [3.8, 4) is 11.3 Å². The molecular weight excluding hydrogens is 327 g/mol. The van der Waals surface area contributed by atoms with Crippen molar-refractivity contribution in [3.63, 3.8) is 0 Å². The van der Waals surface area contributed by atoms with Crippen molar-refractivity contribution in [2.75, 3.05) is 7.11 Å². The molecular formula is C14H12BrFN2O2. The summed E-state index contributed by atoms with van der Waals surface area (Å²) in [7, 11) is 1.25. The number of hydrogen-bond donors (Lipinski definition) is 0. The van der Waals surface area contributed by atoms with Gasteiger partial charge in [-0.1, -0.05) is 6.92 Å². The van der Waals surface area contributed by atoms with E-state index in [4.69, 9.17) is 0 Å². The van der Waals surface area contributed by atoms with E-state index in [1.807, 2.05) is 6.92 Å². The summed E-state index contributed by atoms with van der Waals surface area (Å²) in [4.78, 5) is 20.0. The normalized spacial score (nSPS) is 10.4. The predicted octanol–water partition coefficient (Wildman–Crippen LogP) is 3.39. The molecule has 0 amide bonds. The molecule has 0 spiro atoms. The minimum absolute atomic E-state index is 0.148. The molecule has 4 nitrogen and oxygen atoms in total. The Hall–Kier alpha value is -1.82. The molecule has 0 N–H and O–H groups in total. The predicted molar refractivity (Wildman–Crippen MR) is 75.8 cm³/mol. The minimum atomic E-state index is -0.588. The fraction of sp³-hybridized carbons (Fsp3) is 0.214. The van der Waals surface area contributed by atoms with E-state index in [9.17, 15) is 9.18 Å². The van der Waals surface area contributed by atoms with Crippen LogP contribution in [0.25, 0.3) is 11.3 Å². The Bertz CT molecular complexity index is 662. The highest BCUT2D eigenvalue weighted by atomic mass is 79.9. The third-order valence-electron chi connectivity index (χ3n) is 2.67. The van der Waals surface area contributed by atoms with Crippen LogP contribution < -0.4 is 0 Å². The van der Waals surface area contributed by atoms with Gasteiger partial charge in [0.1, 0.15) is 16.2 Å². The van der Waals surface area contributed by atoms with Gasteiger partial charge in [0.05, 0.1) is 18.4 Å². The molecule has 0 radical (unpaired) electrons. The molecule has 0 aliphatic carbocycles. The number of aromatic nitrogens is 2. The first kappa shape index (κ1) is 14.6. The molecule has 2 rings (SSSR count). The van der Waals surface area contributed by atoms with Crippen LogP contribution in [0.15, 0.2) is 28.9 Å². The van der Waals surface area contributed by atoms with Crippen LogP contribution in [0.3, 0.4) is 0 Å². The van der Waals surface area contributed by atoms with Crippen LogP contribution in [-0.2, 0) is 11.2 Å². The first-order valence-corrected chi connectivity index (χ1v) is 6.75. The number of aryl methyl sites for hydroxylation is 1. The zero-order chi connectivity index (χ0) is 14.7. The lowest BCUT2D eigenvalue weighted by Crippen LogP contribution is -2.03. The van der Waals surface area contributed by atoms with Crippen LogP contribution in [0.2, 0.25) is 0 Å². The van der Waals surface area contributed by atoms with Crippen molar-refractivity contribution in [3.05, 3.63) is 46.1 Å². The van der Waals surface area contributed by atoms with E-state index in [-0.39, 0.29) is 5.56 Å². The molecule has 1 aromatic heterocycles. The van der Waals surface area contributed by atoms with Crippen LogP contribution in [0.5, 0.6) is 0 Å². The summed E-state index contributed by atoms with van der Waals surface area (Å²) >= 11 is 3.29. The molecule has 20 heavy (non-hydrogen) atoms. The molecule has 2 aromatic rings. The van der Waals surface area contributed by atoms with Gasteiger partial charge in [-0.25, -0.2) is 19.2 Å². The summed E-state index contributed by atoms with van der Waals surface area (Å²) in [5.41, 5.74) is 1.20. The molecule has 0 fully saturated rings. The molecule has 1 heterocycles. The molecule has 0 aliphatic rings. The largest absolute Gasteiger partial charge is 0.465 e. The van der Waals surface area contributed by atoms with Gasteiger partial charge in [-0.3, -0.25) is 0 Å². The van der Waals surface area contributed by atoms with Crippen molar-refractivity contribution in [2.24, 2.45) is 0 Å². The second-order valence-corrected chi connectivity index (χ2v) is 4.88. The quantitative estimate of drug-likeness (QED) is 0.635. The number of rotatable bonds is 3. The average molecular weight is 339 g/mol. The maximum absolute atomic E-state index is 13.6. The monoisotopic (exact) mass is 338 g/mol. The summed E-state index contributed by atoms with van der Waals surface area (Å²) in [5.74, 6) is -0.469. The molecule has 0 unspecified atom stereocenters. The Balaban J connectivity index is 2.54. The number of carbonyl (C=O) groups excluding carboxylic acids is 1. The topological polar surface area (TPSA) is 52.1 Å². The number of benzene rings is 1. The van der Waals surface area contributed by atoms with E-state index in [0.29, 0.717) is 28.1 Å². The number of esters is 1. The van der Waals surface area contributed by atoms with Crippen molar-refractivity contribution in [1.82, 2.24) is 9.97 Å². The first-order valence-electron chi connectivity index (χ1n) is 5.96. The molecule has 0 aliphatic heterocycles. The molecule has 0 saturated heterocycles. The zero-order valence-electron chi connectivity index (χ0n) is 11.0. The highest BCUT2D eigenvalue weighted by molar-refractivity contribution is 9.10. The number of ether oxygens (including phenoxy) is 1. The number of carbonyl (C=O) groups is 1. The highest BCUT2D eigenvalue weighted by Gasteiger charge is 2.12. The molecule has 104 valence electrons. The van der Waals surface area contributed by atoms with Crippen LogP contribution in [0.1, 0.15) is 23.1 Å². The Labute approximate surface area is 124 Å². The van der Waals surface area contributed by atoms with Gasteiger partial charge in [-0.2, -0.15) is 0 Å². The summed E-state index contributed by atoms with van der Waals surface area (Å²) in [6.07, 6.45) is 0.658. The van der Waals surface area contributed by atoms with Gasteiger partial charge in [-0.15, -0.1) is 0 Å². The Morgan fingerprint density at radius 3 is 2.70 bits per heavy atom. The van der Waals surface area contributed by atoms with Crippen molar-refractivity contribution in [1.29, 1.82) is 0 Å². The van der Waals surface area contributed by atoms with Crippen LogP contribution in [-0.4, -0.2) is 23.0 Å². The van der Waals surface area contributed by atoms with Gasteiger partial charge < -0.3 is 4.74 Å². The van der Waals surface area contributed by atoms with Gasteiger partial charge in [0.2, 0.25) is 0 Å². The van der Waals surface area contributed by atoms with Crippen molar-refractivity contribution < 1.29 is 13.9 Å². The molecule has 0 bridgehead atoms. The van der Waals surface area contributed by atoms with E-state index in [1.54, 1.807) is 12.1 Å². The Morgan fingerprint density at radius 1 is 1.30 bits per heavy atom. The molecule has 6 heteroatoms. The third-order valence-corrected chi connectivity index (χ3v) is 3.08. The van der Waals surface area contributed by atoms with Crippen LogP contribution >= 0.6 is 15.9 Å². The van der Waals surface area contributed by atoms with Crippen molar-refractivity contribution >= 4 is 21.9 Å². The fourth-order valence-corrected chi connectivity index (χ4v) is 2.17. The van der Waals surface area contributed by atoms with E-state index in [2.05, 4.69) is 30.6 Å². The van der Waals surface area contributed by atoms with Crippen LogP contribution in [0, 0.1) is 5.82 Å². The van der Waals surface area contributed by atoms with Gasteiger partial charge >= 0.3 is 5.97 Å². The smallest absolute Gasteiger partial charge is 0.337 e. The fourth-order valence-electron chi connectivity index (χ4n) is 1.74. The summed E-state index contributed by atoms with van der Waals surface area (Å²) in [6, 6.07) is 5.67. The summed E-state index contributed by atoms with van der Waals surface area (Å²) in [6.45, 7) is 1.93. The highest BCUT2D eigenvalue weighted by Crippen LogP contribution is 2.23. The maximum atomic E-state index is 13.6. The second kappa shape index (κ2) is 6.09. The lowest BCUT2D eigenvalue weighted by molar-refractivity contribution is 0.0600. The van der Waals surface area contributed by atoms with Crippen molar-refractivity contribution in [2.45, 2.75) is 13.3 Å². The number of hydrogen-bond acceptors (Lipinski definition) is 4. The first-order chi connectivity index (χ1) is 9.53. The van der Waals surface area contributed by atoms with Gasteiger partial charge in [0.15, 0.2) is 0 Å². The van der Waals surface area contributed by atoms with Crippen LogP contribution in [0.4, 0.5) is 4.39 Å². The number of nitrogens with zero attached hydrogens (tertiary/aromatic N) is 2. The van der Waals surface area contributed by atoms with E-state index >= 15 is 0 Å². The molecule has 1 aromatic carbocycles. The van der Waals surface area contributed by atoms with Gasteiger partial charge in [0.25, 0.3) is 0 Å². The second-order valence-electron chi connectivity index (χ2n) is 4.07. The molecule has 0 atom stereocenters. The standard InChI is InChI=1S/C14H12BrFN2O2/c1-3-13-17-11(7-12(15)18-13)8-4-9(14(19)20-2)6-10(16)5-8/h4-7H,3H2,1-2H3. The average Bonchev–Trinajstić information content (AvgIpc) is 2.45. The number of halogens is 2. The minimum Gasteiger partial charge on any atom is -0.465 e.